The highest BCUT2D eigenvalue weighted by molar-refractivity contribution is 5.77. The molecule has 0 radical (unpaired) electrons. The lowest BCUT2D eigenvalue weighted by Crippen LogP contribution is -2.32. The van der Waals surface area contributed by atoms with Crippen molar-refractivity contribution in [3.63, 3.8) is 0 Å². The predicted octanol–water partition coefficient (Wildman–Crippen LogP) is -6.14. The van der Waals surface area contributed by atoms with E-state index >= 15 is 0 Å². The third kappa shape index (κ3) is 101. The molecule has 0 aromatic rings. The standard InChI is InChI=1S/C9H20N2O2.2C8H18N2O3.C8H18N2O2.2C7H16N2O2.C6H14N2O/c1-11(2)7-4-6-10-9(13)5-3-8-12;1-10(5-6-11)4-2-3-9-8(13)7-12;11-6-4-10(5-7-12)3-1-2-9-8-13;1-8(12)9-4-3-5-10(2)6-7-11;1-9(2)5-3-4-8-7(11)6-10;1-9(5-6-10)4-2-3-8-7-11;1-8(2)5-3-4-7-6-9/h12H,3-8H2,1-2H3,(H,10,13);11-12H,2-7H2,1H3,(H,9,13);8,11-12H,1-7H2,(H,9,13);11H,3-7H2,1-2H3,(H,9,12);10H,3-6H2,1-2H3,(H,8,11);7,10H,2-6H2,1H3,(H,8,11);6H,3-5H2,1-2H3,(H,7,9). The van der Waals surface area contributed by atoms with Crippen LogP contribution in [0.5, 0.6) is 0 Å². The van der Waals surface area contributed by atoms with Crippen LogP contribution in [0.15, 0.2) is 0 Å². The smallest absolute Gasteiger partial charge is 0.245 e. The van der Waals surface area contributed by atoms with Crippen LogP contribution < -0.4 is 37.2 Å². The lowest BCUT2D eigenvalue weighted by atomic mass is 10.3. The largest absolute Gasteiger partial charge is 0.396 e. The summed E-state index contributed by atoms with van der Waals surface area (Å²) in [6.07, 6.45) is 9.50. The van der Waals surface area contributed by atoms with E-state index in [2.05, 4.69) is 47.0 Å². The maximum absolute atomic E-state index is 11.0. The maximum Gasteiger partial charge on any atom is 0.245 e. The van der Waals surface area contributed by atoms with Crippen LogP contribution in [0.1, 0.15) is 64.7 Å². The molecular weight excluding hydrogens is 1070 g/mol. The number of nitrogens with one attached hydrogen (secondary N) is 7. The molecule has 0 saturated carbocycles. The van der Waals surface area contributed by atoms with Gasteiger partial charge in [0.2, 0.25) is 42.9 Å². The van der Waals surface area contributed by atoms with Crippen molar-refractivity contribution in [3.8, 4) is 0 Å². The molecule has 0 bridgehead atoms. The Morgan fingerprint density at radius 1 is 0.329 bits per heavy atom. The van der Waals surface area contributed by atoms with Gasteiger partial charge in [0.05, 0.1) is 33.0 Å². The Morgan fingerprint density at radius 3 is 0.890 bits per heavy atom. The van der Waals surface area contributed by atoms with Gasteiger partial charge in [-0.15, -0.1) is 0 Å². The Bertz CT molecular complexity index is 1350. The van der Waals surface area contributed by atoms with E-state index < -0.39 is 13.2 Å². The van der Waals surface area contributed by atoms with Crippen LogP contribution in [0.25, 0.3) is 0 Å². The molecule has 0 fully saturated rings. The van der Waals surface area contributed by atoms with E-state index in [1.165, 1.54) is 6.92 Å². The normalized spacial score (nSPS) is 10.3. The topological polar surface area (TPSA) is 388 Å². The Morgan fingerprint density at radius 2 is 0.610 bits per heavy atom. The molecule has 15 N–H and O–H groups in total. The average molecular weight is 1190 g/mol. The van der Waals surface area contributed by atoms with Crippen LogP contribution in [-0.4, -0.2) is 359 Å². The molecule has 0 aromatic carbocycles. The summed E-state index contributed by atoms with van der Waals surface area (Å²) in [6.45, 7) is 15.8. The van der Waals surface area contributed by atoms with Crippen molar-refractivity contribution < 1.29 is 74.4 Å². The summed E-state index contributed by atoms with van der Waals surface area (Å²) in [7, 11) is 17.8. The first-order valence-electron chi connectivity index (χ1n) is 28.3. The SMILES string of the molecule is CC(=O)NCCCN(C)CCO.CN(C)CCCNC(=O)CCCO.CN(C)CCCNC(=O)CO.CN(C)CCCNC=O.CN(CCO)CCCNC(=O)CO.CN(CCO)CCCNC=O.O=CNCCCN(CCO)CCO. The predicted molar refractivity (Wildman–Crippen MR) is 323 cm³/mol. The first kappa shape index (κ1) is 91.4. The molecule has 29 heteroatoms. The van der Waals surface area contributed by atoms with Gasteiger partial charge in [0.1, 0.15) is 13.2 Å². The van der Waals surface area contributed by atoms with Crippen LogP contribution >= 0.6 is 0 Å². The number of amides is 7. The van der Waals surface area contributed by atoms with Gasteiger partial charge in [0.25, 0.3) is 0 Å². The molecule has 0 atom stereocenters. The quantitative estimate of drug-likeness (QED) is 0.0199. The van der Waals surface area contributed by atoms with Crippen LogP contribution in [-0.2, 0) is 33.6 Å². The Hall–Kier alpha value is -4.31. The number of carbonyl (C=O) groups excluding carboxylic acids is 7. The Labute approximate surface area is 492 Å². The molecule has 0 aliphatic rings. The van der Waals surface area contributed by atoms with E-state index in [9.17, 15) is 33.6 Å². The number of hydrogen-bond acceptors (Lipinski definition) is 22. The number of nitrogens with zero attached hydrogens (tertiary/aromatic N) is 7. The fraction of sp³-hybridized carbons (Fsp3) is 0.868. The van der Waals surface area contributed by atoms with Crippen molar-refractivity contribution in [3.05, 3.63) is 0 Å². The summed E-state index contributed by atoms with van der Waals surface area (Å²) in [5, 5.41) is 86.5. The minimum absolute atomic E-state index is 0.0137. The monoisotopic (exact) mass is 1190 g/mol. The zero-order valence-corrected chi connectivity index (χ0v) is 52.3. The summed E-state index contributed by atoms with van der Waals surface area (Å²) in [6, 6.07) is 0. The van der Waals surface area contributed by atoms with Crippen LogP contribution in [0.2, 0.25) is 0 Å². The van der Waals surface area contributed by atoms with Gasteiger partial charge >= 0.3 is 0 Å². The van der Waals surface area contributed by atoms with Crippen molar-refractivity contribution >= 4 is 42.9 Å². The van der Waals surface area contributed by atoms with Crippen molar-refractivity contribution in [2.45, 2.75) is 64.7 Å². The Balaban J connectivity index is -0.000000161. The second kappa shape index (κ2) is 78.8. The second-order valence-corrected chi connectivity index (χ2v) is 19.1. The van der Waals surface area contributed by atoms with Gasteiger partial charge in [0.15, 0.2) is 0 Å². The highest BCUT2D eigenvalue weighted by atomic mass is 16.3. The van der Waals surface area contributed by atoms with Crippen LogP contribution in [0.3, 0.4) is 0 Å². The highest BCUT2D eigenvalue weighted by Crippen LogP contribution is 1.91. The molecule has 0 aliphatic carbocycles. The molecule has 0 aromatic heterocycles. The number of likely N-dealkylation sites (N-methyl/N-ethyl adjacent to an activating group) is 3. The van der Waals surface area contributed by atoms with Gasteiger partial charge in [-0.2, -0.15) is 0 Å². The van der Waals surface area contributed by atoms with Gasteiger partial charge < -0.3 is 107 Å². The molecule has 82 heavy (non-hydrogen) atoms. The molecular formula is C53H120N14O15. The number of hydrogen-bond donors (Lipinski definition) is 15. The Kier molecular flexibility index (Phi) is 87.8. The van der Waals surface area contributed by atoms with Gasteiger partial charge in [-0.25, -0.2) is 0 Å². The summed E-state index contributed by atoms with van der Waals surface area (Å²) in [5.74, 6) is -0.596. The van der Waals surface area contributed by atoms with Crippen LogP contribution in [0.4, 0.5) is 0 Å². The minimum atomic E-state index is -0.452. The average Bonchev–Trinajstić information content (AvgIpc) is 3.43. The van der Waals surface area contributed by atoms with Gasteiger partial charge in [-0.05, 0) is 161 Å². The lowest BCUT2D eigenvalue weighted by molar-refractivity contribution is -0.124. The minimum Gasteiger partial charge on any atom is -0.396 e. The van der Waals surface area contributed by atoms with E-state index in [1.54, 1.807) is 0 Å². The van der Waals surface area contributed by atoms with E-state index in [1.807, 2.05) is 87.9 Å². The van der Waals surface area contributed by atoms with Crippen molar-refractivity contribution in [2.75, 3.05) is 241 Å². The van der Waals surface area contributed by atoms with Crippen LogP contribution in [0, 0.1) is 0 Å². The van der Waals surface area contributed by atoms with E-state index in [-0.39, 0.29) is 63.3 Å². The lowest BCUT2D eigenvalue weighted by Gasteiger charge is -2.19. The second-order valence-electron chi connectivity index (χ2n) is 19.1. The number of rotatable bonds is 46. The maximum atomic E-state index is 11.0. The molecule has 0 heterocycles. The summed E-state index contributed by atoms with van der Waals surface area (Å²) in [5.41, 5.74) is 0. The first-order valence-corrected chi connectivity index (χ1v) is 28.3. The summed E-state index contributed by atoms with van der Waals surface area (Å²) >= 11 is 0. The number of aliphatic hydroxyl groups is 8. The molecule has 492 valence electrons. The zero-order valence-electron chi connectivity index (χ0n) is 52.3. The molecule has 0 aliphatic heterocycles. The fourth-order valence-corrected chi connectivity index (χ4v) is 5.87. The van der Waals surface area contributed by atoms with Crippen molar-refractivity contribution in [1.82, 2.24) is 71.5 Å². The third-order valence-corrected chi connectivity index (χ3v) is 10.3. The highest BCUT2D eigenvalue weighted by Gasteiger charge is 2.04. The molecule has 0 saturated heterocycles. The summed E-state index contributed by atoms with van der Waals surface area (Å²) in [4.78, 5) is 86.1. The van der Waals surface area contributed by atoms with Gasteiger partial charge in [-0.1, -0.05) is 0 Å². The summed E-state index contributed by atoms with van der Waals surface area (Å²) < 4.78 is 0. The molecule has 0 spiro atoms. The van der Waals surface area contributed by atoms with E-state index in [0.29, 0.717) is 91.1 Å². The molecule has 7 amide bonds. The van der Waals surface area contributed by atoms with Crippen molar-refractivity contribution in [1.29, 1.82) is 0 Å². The van der Waals surface area contributed by atoms with Gasteiger partial charge in [-0.3, -0.25) is 38.5 Å². The fourth-order valence-electron chi connectivity index (χ4n) is 5.87. The van der Waals surface area contributed by atoms with E-state index in [4.69, 9.17) is 40.9 Å². The number of carbonyl (C=O) groups is 7. The van der Waals surface area contributed by atoms with Gasteiger partial charge in [0, 0.05) is 98.5 Å². The van der Waals surface area contributed by atoms with Crippen molar-refractivity contribution in [2.24, 2.45) is 0 Å². The zero-order chi connectivity index (χ0) is 63.9. The molecule has 0 rings (SSSR count). The molecule has 0 unspecified atom stereocenters. The van der Waals surface area contributed by atoms with E-state index in [0.717, 1.165) is 110 Å². The molecule has 29 nitrogen and oxygen atoms in total. The number of aliphatic hydroxyl groups excluding tert-OH is 8. The third-order valence-electron chi connectivity index (χ3n) is 10.3. The first-order chi connectivity index (χ1) is 39.1.